The zero-order chi connectivity index (χ0) is 12.8. The predicted molar refractivity (Wildman–Crippen MR) is 70.3 cm³/mol. The Bertz CT molecular complexity index is 381. The van der Waals surface area contributed by atoms with Crippen molar-refractivity contribution in [1.82, 2.24) is 4.90 Å². The highest BCUT2D eigenvalue weighted by Gasteiger charge is 2.20. The van der Waals surface area contributed by atoms with Crippen molar-refractivity contribution in [3.63, 3.8) is 0 Å². The molecule has 1 aliphatic rings. The van der Waals surface area contributed by atoms with E-state index in [1.54, 1.807) is 0 Å². The number of piperidine rings is 1. The first-order valence-corrected chi connectivity index (χ1v) is 6.47. The minimum atomic E-state index is 0.137. The van der Waals surface area contributed by atoms with Gasteiger partial charge in [-0.1, -0.05) is 18.2 Å². The summed E-state index contributed by atoms with van der Waals surface area (Å²) in [6.07, 6.45) is 2.44. The molecule has 1 aliphatic heterocycles. The number of ether oxygens (including phenoxy) is 1. The van der Waals surface area contributed by atoms with E-state index in [1.165, 1.54) is 0 Å². The van der Waals surface area contributed by atoms with Gasteiger partial charge in [0.25, 0.3) is 0 Å². The van der Waals surface area contributed by atoms with Crippen LogP contribution in [-0.2, 0) is 4.79 Å². The van der Waals surface area contributed by atoms with Crippen molar-refractivity contribution in [2.24, 2.45) is 5.73 Å². The van der Waals surface area contributed by atoms with E-state index in [9.17, 15) is 4.79 Å². The van der Waals surface area contributed by atoms with E-state index in [0.717, 1.165) is 25.1 Å². The van der Waals surface area contributed by atoms with E-state index >= 15 is 0 Å². The highest BCUT2D eigenvalue weighted by atomic mass is 16.5. The Morgan fingerprint density at radius 3 is 2.89 bits per heavy atom. The van der Waals surface area contributed by atoms with Gasteiger partial charge in [0.1, 0.15) is 5.75 Å². The highest BCUT2D eigenvalue weighted by Crippen LogP contribution is 2.11. The van der Waals surface area contributed by atoms with Crippen molar-refractivity contribution in [2.45, 2.75) is 25.3 Å². The summed E-state index contributed by atoms with van der Waals surface area (Å²) in [5, 5.41) is 0. The van der Waals surface area contributed by atoms with Crippen LogP contribution in [0.4, 0.5) is 0 Å². The van der Waals surface area contributed by atoms with Crippen LogP contribution in [0.5, 0.6) is 5.75 Å². The number of amides is 1. The van der Waals surface area contributed by atoms with Gasteiger partial charge in [0, 0.05) is 19.1 Å². The molecule has 18 heavy (non-hydrogen) atoms. The fourth-order valence-electron chi connectivity index (χ4n) is 2.17. The third-order valence-corrected chi connectivity index (χ3v) is 3.14. The van der Waals surface area contributed by atoms with Gasteiger partial charge in [0.2, 0.25) is 5.91 Å². The monoisotopic (exact) mass is 248 g/mol. The SMILES string of the molecule is NC1CCCN(C(=O)CCOc2ccccc2)C1. The number of benzene rings is 1. The lowest BCUT2D eigenvalue weighted by molar-refractivity contribution is -0.132. The van der Waals surface area contributed by atoms with Crippen LogP contribution in [0, 0.1) is 0 Å². The summed E-state index contributed by atoms with van der Waals surface area (Å²) in [4.78, 5) is 13.8. The molecule has 1 aromatic carbocycles. The number of likely N-dealkylation sites (tertiary alicyclic amines) is 1. The summed E-state index contributed by atoms with van der Waals surface area (Å²) in [7, 11) is 0. The Morgan fingerprint density at radius 1 is 1.39 bits per heavy atom. The molecule has 1 heterocycles. The van der Waals surface area contributed by atoms with E-state index in [-0.39, 0.29) is 11.9 Å². The molecule has 0 aliphatic carbocycles. The van der Waals surface area contributed by atoms with Gasteiger partial charge >= 0.3 is 0 Å². The van der Waals surface area contributed by atoms with E-state index in [1.807, 2.05) is 35.2 Å². The lowest BCUT2D eigenvalue weighted by Gasteiger charge is -2.30. The normalized spacial score (nSPS) is 19.6. The number of nitrogens with two attached hydrogens (primary N) is 1. The maximum absolute atomic E-state index is 11.9. The molecule has 1 aromatic rings. The molecule has 1 amide bonds. The first-order chi connectivity index (χ1) is 8.75. The van der Waals surface area contributed by atoms with Gasteiger partial charge in [0.05, 0.1) is 13.0 Å². The molecule has 4 heteroatoms. The quantitative estimate of drug-likeness (QED) is 0.876. The molecule has 1 saturated heterocycles. The van der Waals surface area contributed by atoms with Gasteiger partial charge < -0.3 is 15.4 Å². The van der Waals surface area contributed by atoms with Crippen molar-refractivity contribution in [3.8, 4) is 5.75 Å². The summed E-state index contributed by atoms with van der Waals surface area (Å²) in [5.74, 6) is 0.946. The molecule has 4 nitrogen and oxygen atoms in total. The smallest absolute Gasteiger partial charge is 0.226 e. The largest absolute Gasteiger partial charge is 0.493 e. The van der Waals surface area contributed by atoms with Crippen molar-refractivity contribution in [2.75, 3.05) is 19.7 Å². The van der Waals surface area contributed by atoms with Gasteiger partial charge in [-0.15, -0.1) is 0 Å². The number of carbonyl (C=O) groups is 1. The van der Waals surface area contributed by atoms with Gasteiger partial charge in [-0.2, -0.15) is 0 Å². The van der Waals surface area contributed by atoms with Gasteiger partial charge in [0.15, 0.2) is 0 Å². The number of para-hydroxylation sites is 1. The molecule has 0 saturated carbocycles. The first kappa shape index (κ1) is 12.9. The summed E-state index contributed by atoms with van der Waals surface area (Å²) in [6.45, 7) is 1.94. The van der Waals surface area contributed by atoms with Crippen molar-refractivity contribution < 1.29 is 9.53 Å². The Hall–Kier alpha value is -1.55. The van der Waals surface area contributed by atoms with E-state index in [0.29, 0.717) is 19.6 Å². The standard InChI is InChI=1S/C14H20N2O2/c15-12-5-4-9-16(11-12)14(17)8-10-18-13-6-2-1-3-7-13/h1-3,6-7,12H,4-5,8-11,15H2. The van der Waals surface area contributed by atoms with Crippen molar-refractivity contribution in [1.29, 1.82) is 0 Å². The molecule has 0 radical (unpaired) electrons. The van der Waals surface area contributed by atoms with Gasteiger partial charge in [-0.05, 0) is 25.0 Å². The highest BCUT2D eigenvalue weighted by molar-refractivity contribution is 5.76. The second-order valence-electron chi connectivity index (χ2n) is 4.65. The number of carbonyl (C=O) groups excluding carboxylic acids is 1. The predicted octanol–water partition coefficient (Wildman–Crippen LogP) is 1.41. The Labute approximate surface area is 108 Å². The molecule has 2 N–H and O–H groups in total. The number of nitrogens with zero attached hydrogens (tertiary/aromatic N) is 1. The molecule has 1 unspecified atom stereocenters. The van der Waals surface area contributed by atoms with Crippen LogP contribution >= 0.6 is 0 Å². The molecule has 0 bridgehead atoms. The van der Waals surface area contributed by atoms with Crippen LogP contribution in [0.25, 0.3) is 0 Å². The zero-order valence-electron chi connectivity index (χ0n) is 10.5. The molecule has 1 fully saturated rings. The minimum absolute atomic E-state index is 0.137. The summed E-state index contributed by atoms with van der Waals surface area (Å²) in [5.41, 5.74) is 5.86. The third kappa shape index (κ3) is 3.74. The first-order valence-electron chi connectivity index (χ1n) is 6.47. The van der Waals surface area contributed by atoms with E-state index < -0.39 is 0 Å². The Kier molecular flexibility index (Phi) is 4.59. The van der Waals surface area contributed by atoms with Crippen LogP contribution in [0.3, 0.4) is 0 Å². The van der Waals surface area contributed by atoms with E-state index in [2.05, 4.69) is 0 Å². The maximum atomic E-state index is 11.9. The zero-order valence-corrected chi connectivity index (χ0v) is 10.5. The second-order valence-corrected chi connectivity index (χ2v) is 4.65. The van der Waals surface area contributed by atoms with Crippen LogP contribution < -0.4 is 10.5 Å². The Balaban J connectivity index is 1.71. The number of hydrogen-bond donors (Lipinski definition) is 1. The molecular weight excluding hydrogens is 228 g/mol. The molecule has 0 spiro atoms. The van der Waals surface area contributed by atoms with Gasteiger partial charge in [-0.25, -0.2) is 0 Å². The van der Waals surface area contributed by atoms with Crippen molar-refractivity contribution in [3.05, 3.63) is 30.3 Å². The van der Waals surface area contributed by atoms with Gasteiger partial charge in [-0.3, -0.25) is 4.79 Å². The minimum Gasteiger partial charge on any atom is -0.493 e. The van der Waals surface area contributed by atoms with Crippen LogP contribution in [-0.4, -0.2) is 36.5 Å². The van der Waals surface area contributed by atoms with Crippen LogP contribution in [0.1, 0.15) is 19.3 Å². The summed E-state index contributed by atoms with van der Waals surface area (Å²) in [6, 6.07) is 9.69. The van der Waals surface area contributed by atoms with Crippen LogP contribution in [0.2, 0.25) is 0 Å². The average molecular weight is 248 g/mol. The third-order valence-electron chi connectivity index (χ3n) is 3.14. The fourth-order valence-corrected chi connectivity index (χ4v) is 2.17. The maximum Gasteiger partial charge on any atom is 0.226 e. The molecule has 2 rings (SSSR count). The fraction of sp³-hybridized carbons (Fsp3) is 0.500. The molecule has 0 aromatic heterocycles. The lowest BCUT2D eigenvalue weighted by Crippen LogP contribution is -2.46. The lowest BCUT2D eigenvalue weighted by atomic mass is 10.1. The molecule has 1 atom stereocenters. The van der Waals surface area contributed by atoms with Crippen LogP contribution in [0.15, 0.2) is 30.3 Å². The summed E-state index contributed by atoms with van der Waals surface area (Å²) >= 11 is 0. The summed E-state index contributed by atoms with van der Waals surface area (Å²) < 4.78 is 5.52. The topological polar surface area (TPSA) is 55.6 Å². The van der Waals surface area contributed by atoms with Crippen molar-refractivity contribution >= 4 is 5.91 Å². The Morgan fingerprint density at radius 2 is 2.17 bits per heavy atom. The average Bonchev–Trinajstić information content (AvgIpc) is 2.40. The molecule has 98 valence electrons. The molecular formula is C14H20N2O2. The number of rotatable bonds is 4. The second kappa shape index (κ2) is 6.40. The number of hydrogen-bond acceptors (Lipinski definition) is 3. The van der Waals surface area contributed by atoms with E-state index in [4.69, 9.17) is 10.5 Å².